The predicted molar refractivity (Wildman–Crippen MR) is 82.1 cm³/mol. The van der Waals surface area contributed by atoms with Gasteiger partial charge in [0.2, 0.25) is 0 Å². The standard InChI is InChI=1S/C14H14BrN3O/c1-8-12(15)3-2-4-13(8)18-14(19)9-5-10(16)7-11(17)6-9/h2-7H,16-17H2,1H3,(H,18,19). The Morgan fingerprint density at radius 2 is 1.79 bits per heavy atom. The summed E-state index contributed by atoms with van der Waals surface area (Å²) >= 11 is 3.42. The first-order valence-electron chi connectivity index (χ1n) is 5.70. The molecule has 0 heterocycles. The van der Waals surface area contributed by atoms with Gasteiger partial charge in [-0.3, -0.25) is 4.79 Å². The summed E-state index contributed by atoms with van der Waals surface area (Å²) in [5, 5.41) is 2.84. The van der Waals surface area contributed by atoms with Gasteiger partial charge >= 0.3 is 0 Å². The zero-order valence-corrected chi connectivity index (χ0v) is 12.0. The van der Waals surface area contributed by atoms with Crippen LogP contribution >= 0.6 is 15.9 Å². The Kier molecular flexibility index (Phi) is 3.76. The Morgan fingerprint density at radius 1 is 1.16 bits per heavy atom. The van der Waals surface area contributed by atoms with Gasteiger partial charge in [0.05, 0.1) is 0 Å². The SMILES string of the molecule is Cc1c(Br)cccc1NC(=O)c1cc(N)cc(N)c1. The molecule has 0 aromatic heterocycles. The van der Waals surface area contributed by atoms with Crippen molar-refractivity contribution in [3.63, 3.8) is 0 Å². The zero-order valence-electron chi connectivity index (χ0n) is 10.4. The molecule has 0 aliphatic heterocycles. The summed E-state index contributed by atoms with van der Waals surface area (Å²) in [7, 11) is 0. The molecular weight excluding hydrogens is 306 g/mol. The Labute approximate surface area is 119 Å². The second-order valence-electron chi connectivity index (χ2n) is 4.25. The van der Waals surface area contributed by atoms with E-state index < -0.39 is 0 Å². The largest absolute Gasteiger partial charge is 0.399 e. The summed E-state index contributed by atoms with van der Waals surface area (Å²) in [6.45, 7) is 1.92. The number of hydrogen-bond donors (Lipinski definition) is 3. The number of carbonyl (C=O) groups excluding carboxylic acids is 1. The third kappa shape index (κ3) is 3.06. The van der Waals surface area contributed by atoms with Crippen LogP contribution in [0.25, 0.3) is 0 Å². The van der Waals surface area contributed by atoms with Crippen LogP contribution in [-0.4, -0.2) is 5.91 Å². The first kappa shape index (κ1) is 13.4. The van der Waals surface area contributed by atoms with Gasteiger partial charge in [-0.2, -0.15) is 0 Å². The van der Waals surface area contributed by atoms with Crippen LogP contribution in [0, 0.1) is 6.92 Å². The molecule has 2 aromatic rings. The molecule has 0 bridgehead atoms. The lowest BCUT2D eigenvalue weighted by molar-refractivity contribution is 0.102. The highest BCUT2D eigenvalue weighted by molar-refractivity contribution is 9.10. The molecule has 0 aliphatic carbocycles. The highest BCUT2D eigenvalue weighted by atomic mass is 79.9. The number of hydrogen-bond acceptors (Lipinski definition) is 3. The van der Waals surface area contributed by atoms with Crippen LogP contribution in [0.15, 0.2) is 40.9 Å². The summed E-state index contributed by atoms with van der Waals surface area (Å²) < 4.78 is 0.942. The number of halogens is 1. The van der Waals surface area contributed by atoms with Gasteiger partial charge in [0, 0.05) is 27.1 Å². The van der Waals surface area contributed by atoms with Crippen LogP contribution in [0.5, 0.6) is 0 Å². The number of nitrogens with two attached hydrogens (primary N) is 2. The highest BCUT2D eigenvalue weighted by Gasteiger charge is 2.10. The lowest BCUT2D eigenvalue weighted by Crippen LogP contribution is -2.13. The van der Waals surface area contributed by atoms with E-state index in [4.69, 9.17) is 11.5 Å². The normalized spacial score (nSPS) is 10.2. The number of carbonyl (C=O) groups is 1. The van der Waals surface area contributed by atoms with E-state index in [-0.39, 0.29) is 5.91 Å². The topological polar surface area (TPSA) is 81.1 Å². The van der Waals surface area contributed by atoms with Gasteiger partial charge < -0.3 is 16.8 Å². The van der Waals surface area contributed by atoms with E-state index in [0.717, 1.165) is 15.7 Å². The Hall–Kier alpha value is -2.01. The Morgan fingerprint density at radius 3 is 2.42 bits per heavy atom. The molecule has 4 nitrogen and oxygen atoms in total. The van der Waals surface area contributed by atoms with Crippen LogP contribution in [0.3, 0.4) is 0 Å². The molecule has 1 amide bonds. The smallest absolute Gasteiger partial charge is 0.255 e. The number of benzene rings is 2. The maximum absolute atomic E-state index is 12.1. The van der Waals surface area contributed by atoms with Crippen molar-refractivity contribution < 1.29 is 4.79 Å². The van der Waals surface area contributed by atoms with Crippen LogP contribution in [-0.2, 0) is 0 Å². The summed E-state index contributed by atoms with van der Waals surface area (Å²) in [6.07, 6.45) is 0. The van der Waals surface area contributed by atoms with Gasteiger partial charge in [0.1, 0.15) is 0 Å². The fourth-order valence-electron chi connectivity index (χ4n) is 1.75. The van der Waals surface area contributed by atoms with Gasteiger partial charge in [-0.05, 0) is 42.8 Å². The zero-order chi connectivity index (χ0) is 14.0. The Balaban J connectivity index is 2.28. The van der Waals surface area contributed by atoms with E-state index in [1.807, 2.05) is 25.1 Å². The maximum atomic E-state index is 12.1. The van der Waals surface area contributed by atoms with Crippen LogP contribution in [0.2, 0.25) is 0 Å². The minimum Gasteiger partial charge on any atom is -0.399 e. The monoisotopic (exact) mass is 319 g/mol. The molecule has 5 N–H and O–H groups in total. The quantitative estimate of drug-likeness (QED) is 0.743. The van der Waals surface area contributed by atoms with Crippen molar-refractivity contribution in [1.29, 1.82) is 0 Å². The van der Waals surface area contributed by atoms with Gasteiger partial charge in [0.25, 0.3) is 5.91 Å². The van der Waals surface area contributed by atoms with Crippen molar-refractivity contribution in [2.75, 3.05) is 16.8 Å². The average molecular weight is 320 g/mol. The molecule has 2 aromatic carbocycles. The van der Waals surface area contributed by atoms with Crippen molar-refractivity contribution in [3.05, 3.63) is 52.0 Å². The number of amides is 1. The molecule has 19 heavy (non-hydrogen) atoms. The second-order valence-corrected chi connectivity index (χ2v) is 5.11. The van der Waals surface area contributed by atoms with Crippen molar-refractivity contribution in [3.8, 4) is 0 Å². The molecule has 0 saturated carbocycles. The van der Waals surface area contributed by atoms with Crippen molar-refractivity contribution in [1.82, 2.24) is 0 Å². The number of rotatable bonds is 2. The molecule has 0 fully saturated rings. The minimum absolute atomic E-state index is 0.236. The molecule has 98 valence electrons. The third-order valence-corrected chi connectivity index (χ3v) is 3.61. The fourth-order valence-corrected chi connectivity index (χ4v) is 2.11. The summed E-state index contributed by atoms with van der Waals surface area (Å²) in [4.78, 5) is 12.1. The fraction of sp³-hybridized carbons (Fsp3) is 0.0714. The molecule has 0 radical (unpaired) electrons. The van der Waals surface area contributed by atoms with E-state index in [1.54, 1.807) is 18.2 Å². The number of nitrogens with one attached hydrogen (secondary N) is 1. The Bertz CT molecular complexity index is 620. The lowest BCUT2D eigenvalue weighted by Gasteiger charge is -2.10. The average Bonchev–Trinajstić information content (AvgIpc) is 2.33. The number of nitrogen functional groups attached to an aromatic ring is 2. The third-order valence-electron chi connectivity index (χ3n) is 2.76. The van der Waals surface area contributed by atoms with Crippen molar-refractivity contribution >= 4 is 38.9 Å². The molecule has 0 saturated heterocycles. The van der Waals surface area contributed by atoms with Crippen LogP contribution in [0.4, 0.5) is 17.1 Å². The van der Waals surface area contributed by atoms with E-state index >= 15 is 0 Å². The number of anilines is 3. The van der Waals surface area contributed by atoms with Crippen LogP contribution < -0.4 is 16.8 Å². The first-order valence-corrected chi connectivity index (χ1v) is 6.49. The first-order chi connectivity index (χ1) is 8.97. The van der Waals surface area contributed by atoms with Crippen molar-refractivity contribution in [2.24, 2.45) is 0 Å². The summed E-state index contributed by atoms with van der Waals surface area (Å²) in [5.74, 6) is -0.236. The maximum Gasteiger partial charge on any atom is 0.255 e. The van der Waals surface area contributed by atoms with Gasteiger partial charge in [0.15, 0.2) is 0 Å². The molecule has 0 aliphatic rings. The van der Waals surface area contributed by atoms with Crippen molar-refractivity contribution in [2.45, 2.75) is 6.92 Å². The predicted octanol–water partition coefficient (Wildman–Crippen LogP) is 3.17. The molecule has 2 rings (SSSR count). The molecule has 0 atom stereocenters. The second kappa shape index (κ2) is 5.32. The van der Waals surface area contributed by atoms with Crippen LogP contribution in [0.1, 0.15) is 15.9 Å². The molecule has 0 spiro atoms. The molecule has 0 unspecified atom stereocenters. The molecular formula is C14H14BrN3O. The minimum atomic E-state index is -0.236. The van der Waals surface area contributed by atoms with Gasteiger partial charge in [-0.15, -0.1) is 0 Å². The van der Waals surface area contributed by atoms with Gasteiger partial charge in [-0.25, -0.2) is 0 Å². The molecule has 5 heteroatoms. The van der Waals surface area contributed by atoms with E-state index in [2.05, 4.69) is 21.2 Å². The summed E-state index contributed by atoms with van der Waals surface area (Å²) in [6, 6.07) is 10.4. The van der Waals surface area contributed by atoms with E-state index in [1.165, 1.54) is 0 Å². The highest BCUT2D eigenvalue weighted by Crippen LogP contribution is 2.24. The van der Waals surface area contributed by atoms with E-state index in [9.17, 15) is 4.79 Å². The van der Waals surface area contributed by atoms with E-state index in [0.29, 0.717) is 16.9 Å². The summed E-state index contributed by atoms with van der Waals surface area (Å²) in [5.41, 5.74) is 14.4. The lowest BCUT2D eigenvalue weighted by atomic mass is 10.1. The van der Waals surface area contributed by atoms with Gasteiger partial charge in [-0.1, -0.05) is 22.0 Å².